The second kappa shape index (κ2) is 11.2. The maximum absolute atomic E-state index is 13.5. The molecule has 0 atom stereocenters. The van der Waals surface area contributed by atoms with E-state index in [1.807, 2.05) is 31.2 Å². The summed E-state index contributed by atoms with van der Waals surface area (Å²) in [5, 5.41) is 12.6. The van der Waals surface area contributed by atoms with Gasteiger partial charge in [-0.25, -0.2) is 19.1 Å². The average molecular weight is 566 g/mol. The molecule has 2 heterocycles. The van der Waals surface area contributed by atoms with E-state index in [0.717, 1.165) is 21.9 Å². The van der Waals surface area contributed by atoms with Gasteiger partial charge in [-0.1, -0.05) is 29.8 Å². The normalized spacial score (nSPS) is 13.6. The first-order valence-electron chi connectivity index (χ1n) is 12.6. The highest BCUT2D eigenvalue weighted by atomic mass is 19.3. The maximum atomic E-state index is 13.5. The van der Waals surface area contributed by atoms with Gasteiger partial charge in [-0.05, 0) is 55.7 Å². The van der Waals surface area contributed by atoms with Gasteiger partial charge in [0.1, 0.15) is 11.5 Å². The Balaban J connectivity index is 1.40. The van der Waals surface area contributed by atoms with Gasteiger partial charge in [-0.3, -0.25) is 9.36 Å². The summed E-state index contributed by atoms with van der Waals surface area (Å²) in [6, 6.07) is 16.6. The standard InChI is InChI=1S/C28H25F2N5O6/c1-17-2-4-18(5-3-17)15-34-25(33-26(38)35(27(34)39)16-28(12-13-28)23(36)37)32-19-6-8-20(9-7-19)40-22-11-10-21(14-31-22)41-24(29)30/h2-11,14,24H,12-13,15-16H2,1H3,(H,36,37)(H,32,33,38). The number of hydrogen-bond donors (Lipinski definition) is 2. The highest BCUT2D eigenvalue weighted by Gasteiger charge is 2.51. The van der Waals surface area contributed by atoms with Crippen LogP contribution in [0.3, 0.4) is 0 Å². The van der Waals surface area contributed by atoms with Gasteiger partial charge in [0.05, 0.1) is 18.2 Å². The number of pyridine rings is 1. The van der Waals surface area contributed by atoms with Crippen molar-refractivity contribution in [2.75, 3.05) is 5.32 Å². The minimum absolute atomic E-state index is 0.0121. The van der Waals surface area contributed by atoms with Crippen LogP contribution in [0.2, 0.25) is 0 Å². The zero-order valence-corrected chi connectivity index (χ0v) is 21.8. The van der Waals surface area contributed by atoms with Gasteiger partial charge in [-0.2, -0.15) is 13.8 Å². The average Bonchev–Trinajstić information content (AvgIpc) is 3.73. The van der Waals surface area contributed by atoms with Crippen molar-refractivity contribution in [3.8, 4) is 17.4 Å². The molecule has 2 N–H and O–H groups in total. The lowest BCUT2D eigenvalue weighted by atomic mass is 10.1. The summed E-state index contributed by atoms with van der Waals surface area (Å²) < 4.78 is 36.7. The van der Waals surface area contributed by atoms with E-state index in [1.165, 1.54) is 16.7 Å². The second-order valence-electron chi connectivity index (χ2n) is 9.71. The molecular weight excluding hydrogens is 540 g/mol. The van der Waals surface area contributed by atoms with Crippen LogP contribution in [0.25, 0.3) is 0 Å². The number of carboxylic acid groups (broad SMARTS) is 1. The molecule has 1 aliphatic carbocycles. The number of benzene rings is 2. The van der Waals surface area contributed by atoms with E-state index in [2.05, 4.69) is 20.0 Å². The molecule has 11 nitrogen and oxygen atoms in total. The highest BCUT2D eigenvalue weighted by Crippen LogP contribution is 2.46. The van der Waals surface area contributed by atoms with Crippen LogP contribution < -0.4 is 26.2 Å². The number of rotatable bonds is 11. The number of carboxylic acids is 1. The maximum Gasteiger partial charge on any atom is 0.387 e. The molecule has 0 unspecified atom stereocenters. The molecule has 1 fully saturated rings. The SMILES string of the molecule is Cc1ccc(Cn2c(Nc3ccc(Oc4ccc(OC(F)F)cn4)cc3)nc(=O)n(CC3(C(=O)O)CC3)c2=O)cc1. The quantitative estimate of drug-likeness (QED) is 0.275. The number of hydrogen-bond acceptors (Lipinski definition) is 8. The smallest absolute Gasteiger partial charge is 0.387 e. The van der Waals surface area contributed by atoms with Crippen LogP contribution in [0.4, 0.5) is 20.4 Å². The number of aryl methyl sites for hydroxylation is 1. The molecule has 5 rings (SSSR count). The number of aliphatic carboxylic acids is 1. The number of nitrogens with zero attached hydrogens (tertiary/aromatic N) is 4. The van der Waals surface area contributed by atoms with Crippen LogP contribution in [0.15, 0.2) is 76.4 Å². The molecule has 4 aromatic rings. The molecule has 0 aliphatic heterocycles. The molecule has 212 valence electrons. The fraction of sp³-hybridized carbons (Fsp3) is 0.250. The van der Waals surface area contributed by atoms with Crippen molar-refractivity contribution in [1.82, 2.24) is 19.1 Å². The zero-order chi connectivity index (χ0) is 29.1. The molecule has 1 aliphatic rings. The largest absolute Gasteiger partial charge is 0.481 e. The Bertz CT molecular complexity index is 1670. The molecule has 0 spiro atoms. The summed E-state index contributed by atoms with van der Waals surface area (Å²) >= 11 is 0. The van der Waals surface area contributed by atoms with Gasteiger partial charge >= 0.3 is 24.0 Å². The lowest BCUT2D eigenvalue weighted by molar-refractivity contribution is -0.144. The first-order chi connectivity index (χ1) is 19.6. The summed E-state index contributed by atoms with van der Waals surface area (Å²) in [4.78, 5) is 46.1. The van der Waals surface area contributed by atoms with Crippen LogP contribution in [-0.4, -0.2) is 36.8 Å². The lowest BCUT2D eigenvalue weighted by Crippen LogP contribution is -2.45. The summed E-state index contributed by atoms with van der Waals surface area (Å²) in [6.07, 6.45) is 1.87. The van der Waals surface area contributed by atoms with Crippen molar-refractivity contribution in [2.45, 2.75) is 39.5 Å². The van der Waals surface area contributed by atoms with E-state index in [-0.39, 0.29) is 30.7 Å². The lowest BCUT2D eigenvalue weighted by Gasteiger charge is -2.17. The minimum atomic E-state index is -2.96. The van der Waals surface area contributed by atoms with Crippen LogP contribution in [0, 0.1) is 12.3 Å². The van der Waals surface area contributed by atoms with Gasteiger partial charge in [0.25, 0.3) is 0 Å². The first-order valence-corrected chi connectivity index (χ1v) is 12.6. The van der Waals surface area contributed by atoms with Gasteiger partial charge in [0.15, 0.2) is 0 Å². The molecular formula is C28H25F2N5O6. The Kier molecular flexibility index (Phi) is 7.51. The number of nitrogens with one attached hydrogen (secondary N) is 1. The number of alkyl halides is 2. The molecule has 0 amide bonds. The number of halogens is 2. The molecule has 13 heteroatoms. The van der Waals surface area contributed by atoms with Crippen LogP contribution >= 0.6 is 0 Å². The summed E-state index contributed by atoms with van der Waals surface area (Å²) in [6.45, 7) is -1.19. The third kappa shape index (κ3) is 6.40. The van der Waals surface area contributed by atoms with Gasteiger partial charge in [0, 0.05) is 18.3 Å². The van der Waals surface area contributed by atoms with Crippen LogP contribution in [0.1, 0.15) is 24.0 Å². The molecule has 0 bridgehead atoms. The van der Waals surface area contributed by atoms with Gasteiger partial charge in [-0.15, -0.1) is 0 Å². The van der Waals surface area contributed by atoms with Crippen molar-refractivity contribution in [2.24, 2.45) is 5.41 Å². The Morgan fingerprint density at radius 2 is 1.71 bits per heavy atom. The van der Waals surface area contributed by atoms with Crippen molar-refractivity contribution < 1.29 is 28.2 Å². The van der Waals surface area contributed by atoms with Gasteiger partial charge in [0.2, 0.25) is 11.8 Å². The Morgan fingerprint density at radius 3 is 2.29 bits per heavy atom. The molecule has 41 heavy (non-hydrogen) atoms. The Morgan fingerprint density at radius 1 is 1.02 bits per heavy atom. The number of aromatic nitrogens is 4. The van der Waals surface area contributed by atoms with Gasteiger partial charge < -0.3 is 19.9 Å². The minimum Gasteiger partial charge on any atom is -0.481 e. The fourth-order valence-electron chi connectivity index (χ4n) is 4.13. The number of ether oxygens (including phenoxy) is 2. The molecule has 1 saturated carbocycles. The predicted octanol–water partition coefficient (Wildman–Crippen LogP) is 4.16. The van der Waals surface area contributed by atoms with Crippen molar-refractivity contribution in [3.05, 3.63) is 99.0 Å². The summed E-state index contributed by atoms with van der Waals surface area (Å²) in [5.41, 5.74) is -0.358. The molecule has 0 saturated heterocycles. The molecule has 2 aromatic heterocycles. The van der Waals surface area contributed by atoms with Crippen molar-refractivity contribution in [1.29, 1.82) is 0 Å². The van der Waals surface area contributed by atoms with E-state index in [0.29, 0.717) is 24.3 Å². The predicted molar refractivity (Wildman–Crippen MR) is 143 cm³/mol. The third-order valence-corrected chi connectivity index (χ3v) is 6.65. The summed E-state index contributed by atoms with van der Waals surface area (Å²) in [7, 11) is 0. The monoisotopic (exact) mass is 565 g/mol. The number of anilines is 2. The van der Waals surface area contributed by atoms with Crippen LogP contribution in [-0.2, 0) is 17.9 Å². The third-order valence-electron chi connectivity index (χ3n) is 6.65. The molecule has 0 radical (unpaired) electrons. The summed E-state index contributed by atoms with van der Waals surface area (Å²) in [5.74, 6) is -0.630. The van der Waals surface area contributed by atoms with Crippen LogP contribution in [0.5, 0.6) is 17.4 Å². The Hall–Kier alpha value is -5.07. The van der Waals surface area contributed by atoms with Crippen molar-refractivity contribution in [3.63, 3.8) is 0 Å². The second-order valence-corrected chi connectivity index (χ2v) is 9.71. The first kappa shape index (κ1) is 27.5. The van der Waals surface area contributed by atoms with E-state index < -0.39 is 29.4 Å². The van der Waals surface area contributed by atoms with E-state index in [4.69, 9.17) is 4.74 Å². The topological polar surface area (TPSA) is 138 Å². The van der Waals surface area contributed by atoms with E-state index >= 15 is 0 Å². The Labute approximate surface area is 231 Å². The van der Waals surface area contributed by atoms with Crippen molar-refractivity contribution >= 4 is 17.6 Å². The zero-order valence-electron chi connectivity index (χ0n) is 21.8. The molecule has 2 aromatic carbocycles. The highest BCUT2D eigenvalue weighted by molar-refractivity contribution is 5.77. The number of carbonyl (C=O) groups is 1. The van der Waals surface area contributed by atoms with E-state index in [9.17, 15) is 28.3 Å². The van der Waals surface area contributed by atoms with E-state index in [1.54, 1.807) is 24.3 Å². The fourth-order valence-corrected chi connectivity index (χ4v) is 4.13.